The second-order valence-corrected chi connectivity index (χ2v) is 5.20. The van der Waals surface area contributed by atoms with E-state index in [1.165, 1.54) is 18.7 Å². The molecule has 0 aliphatic rings. The van der Waals surface area contributed by atoms with Crippen LogP contribution in [0.4, 0.5) is 0 Å². The highest BCUT2D eigenvalue weighted by molar-refractivity contribution is 5.86. The van der Waals surface area contributed by atoms with Gasteiger partial charge in [-0.1, -0.05) is 24.3 Å². The van der Waals surface area contributed by atoms with Crippen molar-refractivity contribution in [2.75, 3.05) is 7.11 Å². The number of hydrogen-bond donors (Lipinski definition) is 1. The molecule has 0 amide bonds. The van der Waals surface area contributed by atoms with E-state index in [9.17, 15) is 4.79 Å². The van der Waals surface area contributed by atoms with E-state index in [1.54, 1.807) is 6.08 Å². The van der Waals surface area contributed by atoms with Crippen LogP contribution in [0.2, 0.25) is 0 Å². The Balaban J connectivity index is 2.58. The Labute approximate surface area is 109 Å². The molecule has 3 heteroatoms. The van der Waals surface area contributed by atoms with E-state index in [4.69, 9.17) is 0 Å². The van der Waals surface area contributed by atoms with Gasteiger partial charge in [-0.25, -0.2) is 4.79 Å². The summed E-state index contributed by atoms with van der Waals surface area (Å²) < 4.78 is 4.54. The lowest BCUT2D eigenvalue weighted by atomic mass is 10.1. The fourth-order valence-corrected chi connectivity index (χ4v) is 1.35. The topological polar surface area (TPSA) is 38.3 Å². The molecule has 1 rings (SSSR count). The summed E-state index contributed by atoms with van der Waals surface area (Å²) in [6, 6.07) is 8.07. The first-order chi connectivity index (χ1) is 8.40. The van der Waals surface area contributed by atoms with Gasteiger partial charge in [-0.05, 0) is 38.0 Å². The third-order valence-corrected chi connectivity index (χ3v) is 2.42. The van der Waals surface area contributed by atoms with Crippen molar-refractivity contribution in [2.45, 2.75) is 32.9 Å². The number of esters is 1. The molecule has 0 unspecified atom stereocenters. The molecule has 18 heavy (non-hydrogen) atoms. The van der Waals surface area contributed by atoms with Crippen LogP contribution in [0.15, 0.2) is 30.3 Å². The Morgan fingerprint density at radius 2 is 1.89 bits per heavy atom. The van der Waals surface area contributed by atoms with Crippen LogP contribution in [0.5, 0.6) is 0 Å². The predicted molar refractivity (Wildman–Crippen MR) is 74.1 cm³/mol. The number of carbonyl (C=O) groups is 1. The SMILES string of the molecule is COC(=O)C=Cc1ccc(CNC(C)(C)C)cc1. The van der Waals surface area contributed by atoms with Crippen LogP contribution in [0.25, 0.3) is 6.08 Å². The number of carbonyl (C=O) groups excluding carboxylic acids is 1. The van der Waals surface area contributed by atoms with Crippen LogP contribution in [0.1, 0.15) is 31.9 Å². The molecule has 0 radical (unpaired) electrons. The zero-order valence-corrected chi connectivity index (χ0v) is 11.5. The van der Waals surface area contributed by atoms with Crippen LogP contribution in [0.3, 0.4) is 0 Å². The highest BCUT2D eigenvalue weighted by Gasteiger charge is 2.07. The summed E-state index contributed by atoms with van der Waals surface area (Å²) in [6.45, 7) is 7.26. The predicted octanol–water partition coefficient (Wildman–Crippen LogP) is 2.76. The molecule has 3 nitrogen and oxygen atoms in total. The normalized spacial score (nSPS) is 11.8. The fraction of sp³-hybridized carbons (Fsp3) is 0.400. The molecular weight excluding hydrogens is 226 g/mol. The molecule has 0 bridgehead atoms. The molecule has 1 aromatic rings. The average Bonchev–Trinajstić information content (AvgIpc) is 2.33. The van der Waals surface area contributed by atoms with Gasteiger partial charge >= 0.3 is 5.97 Å². The third-order valence-electron chi connectivity index (χ3n) is 2.42. The zero-order valence-electron chi connectivity index (χ0n) is 11.5. The van der Waals surface area contributed by atoms with E-state index in [0.29, 0.717) is 0 Å². The molecule has 1 aromatic carbocycles. The van der Waals surface area contributed by atoms with E-state index in [-0.39, 0.29) is 11.5 Å². The first-order valence-corrected chi connectivity index (χ1v) is 6.01. The Hall–Kier alpha value is -1.61. The molecule has 0 aromatic heterocycles. The van der Waals surface area contributed by atoms with Crippen molar-refractivity contribution in [1.82, 2.24) is 5.32 Å². The summed E-state index contributed by atoms with van der Waals surface area (Å²) in [4.78, 5) is 10.9. The van der Waals surface area contributed by atoms with Gasteiger partial charge in [0.15, 0.2) is 0 Å². The summed E-state index contributed by atoms with van der Waals surface area (Å²) >= 11 is 0. The molecular formula is C15H21NO2. The average molecular weight is 247 g/mol. The van der Waals surface area contributed by atoms with Gasteiger partial charge in [0.25, 0.3) is 0 Å². The number of ether oxygens (including phenoxy) is 1. The maximum absolute atomic E-state index is 10.9. The van der Waals surface area contributed by atoms with Gasteiger partial charge in [0.1, 0.15) is 0 Å². The van der Waals surface area contributed by atoms with Gasteiger partial charge < -0.3 is 10.1 Å². The number of benzene rings is 1. The summed E-state index contributed by atoms with van der Waals surface area (Å²) in [5.74, 6) is -0.339. The fourth-order valence-electron chi connectivity index (χ4n) is 1.35. The van der Waals surface area contributed by atoms with E-state index in [0.717, 1.165) is 12.1 Å². The number of methoxy groups -OCH3 is 1. The molecule has 0 fully saturated rings. The van der Waals surface area contributed by atoms with Crippen LogP contribution < -0.4 is 5.32 Å². The minimum atomic E-state index is -0.339. The Bertz CT molecular complexity index is 413. The molecule has 0 aliphatic heterocycles. The van der Waals surface area contributed by atoms with Crippen molar-refractivity contribution in [2.24, 2.45) is 0 Å². The van der Waals surface area contributed by atoms with Crippen molar-refractivity contribution in [3.8, 4) is 0 Å². The van der Waals surface area contributed by atoms with Gasteiger partial charge in [0, 0.05) is 18.2 Å². The van der Waals surface area contributed by atoms with Gasteiger partial charge in [-0.15, -0.1) is 0 Å². The molecule has 0 spiro atoms. The Morgan fingerprint density at radius 3 is 2.39 bits per heavy atom. The lowest BCUT2D eigenvalue weighted by Gasteiger charge is -2.20. The van der Waals surface area contributed by atoms with Crippen LogP contribution >= 0.6 is 0 Å². The minimum absolute atomic E-state index is 0.115. The molecule has 1 N–H and O–H groups in total. The molecule has 0 atom stereocenters. The second-order valence-electron chi connectivity index (χ2n) is 5.20. The van der Waals surface area contributed by atoms with Crippen molar-refractivity contribution < 1.29 is 9.53 Å². The van der Waals surface area contributed by atoms with Gasteiger partial charge in [0.2, 0.25) is 0 Å². The van der Waals surface area contributed by atoms with Crippen LogP contribution in [-0.4, -0.2) is 18.6 Å². The monoisotopic (exact) mass is 247 g/mol. The number of nitrogens with one attached hydrogen (secondary N) is 1. The third kappa shape index (κ3) is 5.64. The van der Waals surface area contributed by atoms with Crippen LogP contribution in [0, 0.1) is 0 Å². The minimum Gasteiger partial charge on any atom is -0.466 e. The van der Waals surface area contributed by atoms with E-state index < -0.39 is 0 Å². The van der Waals surface area contributed by atoms with E-state index in [1.807, 2.05) is 12.1 Å². The van der Waals surface area contributed by atoms with Crippen molar-refractivity contribution in [3.63, 3.8) is 0 Å². The lowest BCUT2D eigenvalue weighted by molar-refractivity contribution is -0.134. The smallest absolute Gasteiger partial charge is 0.330 e. The maximum Gasteiger partial charge on any atom is 0.330 e. The van der Waals surface area contributed by atoms with E-state index in [2.05, 4.69) is 43.0 Å². The van der Waals surface area contributed by atoms with Crippen LogP contribution in [-0.2, 0) is 16.1 Å². The summed E-state index contributed by atoms with van der Waals surface area (Å²) in [7, 11) is 1.37. The second kappa shape index (κ2) is 6.36. The first kappa shape index (κ1) is 14.5. The molecule has 0 aliphatic carbocycles. The highest BCUT2D eigenvalue weighted by Crippen LogP contribution is 2.08. The van der Waals surface area contributed by atoms with Crippen molar-refractivity contribution in [3.05, 3.63) is 41.5 Å². The largest absolute Gasteiger partial charge is 0.466 e. The first-order valence-electron chi connectivity index (χ1n) is 6.01. The Morgan fingerprint density at radius 1 is 1.28 bits per heavy atom. The summed E-state index contributed by atoms with van der Waals surface area (Å²) in [5, 5.41) is 3.42. The molecule has 0 saturated heterocycles. The quantitative estimate of drug-likeness (QED) is 0.656. The molecule has 0 saturated carbocycles. The number of rotatable bonds is 4. The van der Waals surface area contributed by atoms with Crippen molar-refractivity contribution >= 4 is 12.0 Å². The molecule has 0 heterocycles. The van der Waals surface area contributed by atoms with Gasteiger partial charge in [0.05, 0.1) is 7.11 Å². The molecule has 98 valence electrons. The maximum atomic E-state index is 10.9. The van der Waals surface area contributed by atoms with Gasteiger partial charge in [-0.2, -0.15) is 0 Å². The summed E-state index contributed by atoms with van der Waals surface area (Å²) in [5.41, 5.74) is 2.32. The standard InChI is InChI=1S/C15H21NO2/c1-15(2,3)16-11-13-7-5-12(6-8-13)9-10-14(17)18-4/h5-10,16H,11H2,1-4H3. The lowest BCUT2D eigenvalue weighted by Crippen LogP contribution is -2.35. The van der Waals surface area contributed by atoms with Crippen molar-refractivity contribution in [1.29, 1.82) is 0 Å². The Kier molecular flexibility index (Phi) is 5.10. The number of hydrogen-bond acceptors (Lipinski definition) is 3. The van der Waals surface area contributed by atoms with Gasteiger partial charge in [-0.3, -0.25) is 0 Å². The summed E-state index contributed by atoms with van der Waals surface area (Å²) in [6.07, 6.45) is 3.16. The van der Waals surface area contributed by atoms with E-state index >= 15 is 0 Å². The highest BCUT2D eigenvalue weighted by atomic mass is 16.5. The zero-order chi connectivity index (χ0) is 13.6.